The molecule has 0 aliphatic heterocycles. The molecule has 11 heteroatoms. The molecule has 0 saturated heterocycles. The number of nitro benzene ring substituents is 1. The van der Waals surface area contributed by atoms with Crippen LogP contribution in [0.15, 0.2) is 81.7 Å². The van der Waals surface area contributed by atoms with Gasteiger partial charge in [-0.25, -0.2) is 0 Å². The van der Waals surface area contributed by atoms with Gasteiger partial charge in [-0.2, -0.15) is 4.39 Å². The van der Waals surface area contributed by atoms with E-state index in [1.54, 1.807) is 6.92 Å². The minimum atomic E-state index is -0.822. The Morgan fingerprint density at radius 2 is 1.22 bits per heavy atom. The first-order chi connectivity index (χ1) is 20.2. The Labute approximate surface area is 283 Å². The van der Waals surface area contributed by atoms with Crippen LogP contribution >= 0.6 is 31.9 Å². The minimum Gasteiger partial charge on any atom is -0.491 e. The molecule has 0 radical (unpaired) electrons. The molecule has 246 valence electrons. The van der Waals surface area contributed by atoms with Crippen LogP contribution in [0.25, 0.3) is 0 Å². The highest BCUT2D eigenvalue weighted by Gasteiger charge is 2.15. The number of nitrogens with zero attached hydrogens (tertiary/aromatic N) is 1. The van der Waals surface area contributed by atoms with Crippen LogP contribution < -0.4 is 26.3 Å². The molecule has 0 bridgehead atoms. The lowest BCUT2D eigenvalue weighted by Crippen LogP contribution is -2.05. The summed E-state index contributed by atoms with van der Waals surface area (Å²) in [6, 6.07) is 21.5. The standard InChI is InChI=1S/C16H19BrN2O.C9H13NO.C7H5BrFNO2.2CH4/c1-10(2)20-13-6-4-12(5-7-13)19-16-9-14(17)11(3)8-15(16)18;1-7(2)11-9-5-3-8(10)4-6-9;1-4-2-7(10(11)12)6(9)3-5(4)8;;/h4-10,19H,18H2,1-3H3;3-7H,10H2,1-2H3;2-3H,1H3;2*1H4. The molecule has 0 atom stereocenters. The first-order valence-corrected chi connectivity index (χ1v) is 15.0. The molecule has 0 aliphatic carbocycles. The second kappa shape index (κ2) is 19.5. The second-order valence-corrected chi connectivity index (χ2v) is 11.8. The number of nitro groups is 1. The van der Waals surface area contributed by atoms with Gasteiger partial charge >= 0.3 is 5.69 Å². The summed E-state index contributed by atoms with van der Waals surface area (Å²) in [6.45, 7) is 11.7. The fourth-order valence-electron chi connectivity index (χ4n) is 3.46. The third-order valence-electron chi connectivity index (χ3n) is 5.51. The number of benzene rings is 4. The number of halogens is 3. The highest BCUT2D eigenvalue weighted by Crippen LogP contribution is 2.30. The van der Waals surface area contributed by atoms with Crippen molar-refractivity contribution in [3.63, 3.8) is 0 Å². The van der Waals surface area contributed by atoms with E-state index < -0.39 is 16.4 Å². The molecule has 0 aliphatic rings. The molecule has 45 heavy (non-hydrogen) atoms. The number of nitrogens with one attached hydrogen (secondary N) is 1. The number of hydrogen-bond acceptors (Lipinski definition) is 7. The van der Waals surface area contributed by atoms with Gasteiger partial charge in [0.25, 0.3) is 0 Å². The summed E-state index contributed by atoms with van der Waals surface area (Å²) in [4.78, 5) is 9.49. The number of ether oxygens (including phenoxy) is 2. The van der Waals surface area contributed by atoms with E-state index in [9.17, 15) is 14.5 Å². The molecule has 0 unspecified atom stereocenters. The van der Waals surface area contributed by atoms with E-state index in [1.165, 1.54) is 6.07 Å². The first-order valence-electron chi connectivity index (χ1n) is 13.4. The summed E-state index contributed by atoms with van der Waals surface area (Å²) < 4.78 is 25.4. The van der Waals surface area contributed by atoms with E-state index in [4.69, 9.17) is 20.9 Å². The van der Waals surface area contributed by atoms with Gasteiger partial charge in [0, 0.05) is 26.4 Å². The molecule has 4 rings (SSSR count). The van der Waals surface area contributed by atoms with Crippen molar-refractivity contribution in [2.75, 3.05) is 16.8 Å². The van der Waals surface area contributed by atoms with Crippen LogP contribution in [0.2, 0.25) is 0 Å². The highest BCUT2D eigenvalue weighted by molar-refractivity contribution is 9.10. The van der Waals surface area contributed by atoms with Crippen LogP contribution in [0.1, 0.15) is 53.7 Å². The zero-order valence-electron chi connectivity index (χ0n) is 25.0. The van der Waals surface area contributed by atoms with Gasteiger partial charge in [-0.15, -0.1) is 0 Å². The number of aryl methyl sites for hydroxylation is 2. The van der Waals surface area contributed by atoms with Gasteiger partial charge in [-0.3, -0.25) is 10.1 Å². The molecule has 0 saturated carbocycles. The van der Waals surface area contributed by atoms with Crippen molar-refractivity contribution in [1.82, 2.24) is 0 Å². The Morgan fingerprint density at radius 1 is 0.778 bits per heavy atom. The van der Waals surface area contributed by atoms with Crippen molar-refractivity contribution in [2.24, 2.45) is 0 Å². The van der Waals surface area contributed by atoms with Gasteiger partial charge in [0.1, 0.15) is 11.5 Å². The van der Waals surface area contributed by atoms with Gasteiger partial charge in [-0.05, 0) is 119 Å². The fourth-order valence-corrected chi connectivity index (χ4v) is 4.12. The summed E-state index contributed by atoms with van der Waals surface area (Å²) in [5.74, 6) is 0.912. The first kappa shape index (κ1) is 41.2. The maximum atomic E-state index is 12.8. The minimum absolute atomic E-state index is 0. The number of rotatable bonds is 7. The number of nitrogen functional groups attached to an aromatic ring is 2. The number of hydrogen-bond donors (Lipinski definition) is 3. The molecule has 5 N–H and O–H groups in total. The quantitative estimate of drug-likeness (QED) is 0.0975. The van der Waals surface area contributed by atoms with E-state index in [-0.39, 0.29) is 27.1 Å². The van der Waals surface area contributed by atoms with Gasteiger partial charge in [0.15, 0.2) is 0 Å². The summed E-state index contributed by atoms with van der Waals surface area (Å²) in [7, 11) is 0. The normalized spacial score (nSPS) is 9.84. The third kappa shape index (κ3) is 14.2. The van der Waals surface area contributed by atoms with Crippen molar-refractivity contribution < 1.29 is 18.8 Å². The van der Waals surface area contributed by atoms with Crippen LogP contribution in [0.3, 0.4) is 0 Å². The van der Waals surface area contributed by atoms with Gasteiger partial charge in [0.2, 0.25) is 5.82 Å². The van der Waals surface area contributed by atoms with Crippen molar-refractivity contribution >= 4 is 60.3 Å². The Hall–Kier alpha value is -3.83. The second-order valence-electron chi connectivity index (χ2n) is 10.1. The Morgan fingerprint density at radius 3 is 1.69 bits per heavy atom. The lowest BCUT2D eigenvalue weighted by molar-refractivity contribution is -0.387. The Bertz CT molecular complexity index is 1500. The van der Waals surface area contributed by atoms with E-state index in [0.717, 1.165) is 50.4 Å². The largest absolute Gasteiger partial charge is 0.491 e. The summed E-state index contributed by atoms with van der Waals surface area (Å²) >= 11 is 6.58. The van der Waals surface area contributed by atoms with Crippen LogP contribution in [0.5, 0.6) is 11.5 Å². The molecule has 0 aromatic heterocycles. The predicted octanol–water partition coefficient (Wildman–Crippen LogP) is 11.0. The molecule has 4 aromatic carbocycles. The average Bonchev–Trinajstić information content (AvgIpc) is 2.92. The molecule has 8 nitrogen and oxygen atoms in total. The van der Waals surface area contributed by atoms with Crippen molar-refractivity contribution in [2.45, 2.75) is 68.6 Å². The van der Waals surface area contributed by atoms with E-state index in [2.05, 4.69) is 37.2 Å². The maximum Gasteiger partial charge on any atom is 0.305 e. The van der Waals surface area contributed by atoms with Gasteiger partial charge in [-0.1, -0.05) is 46.7 Å². The maximum absolute atomic E-state index is 12.8. The molecule has 0 heterocycles. The zero-order chi connectivity index (χ0) is 32.3. The lowest BCUT2D eigenvalue weighted by Gasteiger charge is -2.13. The fraction of sp³-hybridized carbons (Fsp3) is 0.294. The van der Waals surface area contributed by atoms with Gasteiger partial charge in [0.05, 0.1) is 28.5 Å². The molecule has 0 fully saturated rings. The highest BCUT2D eigenvalue weighted by atomic mass is 79.9. The zero-order valence-corrected chi connectivity index (χ0v) is 28.1. The molecular weight excluding hydrogens is 707 g/mol. The van der Waals surface area contributed by atoms with E-state index >= 15 is 0 Å². The van der Waals surface area contributed by atoms with Crippen LogP contribution in [-0.4, -0.2) is 17.1 Å². The van der Waals surface area contributed by atoms with Crippen molar-refractivity contribution in [3.05, 3.63) is 109 Å². The van der Waals surface area contributed by atoms with E-state index in [1.807, 2.05) is 95.3 Å². The third-order valence-corrected chi connectivity index (χ3v) is 7.22. The van der Waals surface area contributed by atoms with Gasteiger partial charge < -0.3 is 26.3 Å². The summed E-state index contributed by atoms with van der Waals surface area (Å²) in [5.41, 5.74) is 16.2. The van der Waals surface area contributed by atoms with Crippen LogP contribution in [-0.2, 0) is 0 Å². The molecule has 4 aromatic rings. The lowest BCUT2D eigenvalue weighted by atomic mass is 10.2. The predicted molar refractivity (Wildman–Crippen MR) is 194 cm³/mol. The topological polar surface area (TPSA) is 126 Å². The Kier molecular flexibility index (Phi) is 17.9. The molecular formula is C34H45Br2FN4O4. The van der Waals surface area contributed by atoms with Crippen LogP contribution in [0.4, 0.5) is 32.8 Å². The van der Waals surface area contributed by atoms with Crippen LogP contribution in [0, 0.1) is 29.8 Å². The molecule has 0 amide bonds. The average molecular weight is 753 g/mol. The smallest absolute Gasteiger partial charge is 0.305 e. The SMILES string of the molecule is C.C.CC(C)Oc1ccc(N)cc1.Cc1cc(N)c(Nc2ccc(OC(C)C)cc2)cc1Br.Cc1cc([N+](=O)[O-])c(F)cc1Br. The van der Waals surface area contributed by atoms with E-state index in [0.29, 0.717) is 10.0 Å². The van der Waals surface area contributed by atoms with Crippen molar-refractivity contribution in [3.8, 4) is 11.5 Å². The Balaban J connectivity index is 0.000000672. The number of nitrogens with two attached hydrogens (primary N) is 2. The summed E-state index contributed by atoms with van der Waals surface area (Å²) in [5, 5.41) is 13.5. The van der Waals surface area contributed by atoms with Crippen molar-refractivity contribution in [1.29, 1.82) is 0 Å². The number of anilines is 4. The molecule has 0 spiro atoms. The monoisotopic (exact) mass is 750 g/mol. The summed E-state index contributed by atoms with van der Waals surface area (Å²) in [6.07, 6.45) is 0.399.